The number of fused-ring (bicyclic) bond motifs is 1. The van der Waals surface area contributed by atoms with Gasteiger partial charge in [-0.15, -0.1) is 0 Å². The topological polar surface area (TPSA) is 95.4 Å². The van der Waals surface area contributed by atoms with Gasteiger partial charge in [0.25, 0.3) is 5.56 Å². The normalized spacial score (nSPS) is 15.8. The molecule has 1 aromatic heterocycles. The predicted octanol–water partition coefficient (Wildman–Crippen LogP) is 2.38. The van der Waals surface area contributed by atoms with Gasteiger partial charge < -0.3 is 10.0 Å². The molecule has 1 aliphatic rings. The minimum Gasteiger partial charge on any atom is -0.494 e. The number of aromatic hydroxyl groups is 1. The first kappa shape index (κ1) is 19.0. The lowest BCUT2D eigenvalue weighted by Crippen LogP contribution is -2.43. The van der Waals surface area contributed by atoms with Crippen LogP contribution in [0, 0.1) is 0 Å². The number of rotatable bonds is 2. The molecule has 148 valence electrons. The van der Waals surface area contributed by atoms with E-state index in [-0.39, 0.29) is 22.2 Å². The Bertz CT molecular complexity index is 1230. The van der Waals surface area contributed by atoms with Gasteiger partial charge >= 0.3 is 5.69 Å². The van der Waals surface area contributed by atoms with Gasteiger partial charge in [-0.25, -0.2) is 9.36 Å². The van der Waals surface area contributed by atoms with Crippen molar-refractivity contribution in [3.05, 3.63) is 91.1 Å². The standard InChI is InChI=1S/C21H18ClN3O4/c1-12(26)24-11-10-13-6-2-3-7-14(13)18(24)17-19(27)23-21(29)25(20(17)28)16-9-5-4-8-15(16)22/h2-9,18,28H,10-11H2,1H3,(H,23,27,29)/t18-/m0/s1. The van der Waals surface area contributed by atoms with Crippen molar-refractivity contribution < 1.29 is 9.90 Å². The summed E-state index contributed by atoms with van der Waals surface area (Å²) in [5, 5.41) is 11.3. The monoisotopic (exact) mass is 411 g/mol. The first-order chi connectivity index (χ1) is 13.9. The number of hydrogen-bond donors (Lipinski definition) is 2. The molecule has 0 bridgehead atoms. The van der Waals surface area contributed by atoms with Crippen molar-refractivity contribution in [2.75, 3.05) is 6.54 Å². The van der Waals surface area contributed by atoms with Gasteiger partial charge in [0.15, 0.2) is 0 Å². The molecule has 0 saturated carbocycles. The highest BCUT2D eigenvalue weighted by molar-refractivity contribution is 6.32. The molecule has 2 aromatic carbocycles. The fourth-order valence-corrected chi connectivity index (χ4v) is 4.08. The number of hydrogen-bond acceptors (Lipinski definition) is 4. The van der Waals surface area contributed by atoms with Gasteiger partial charge in [-0.3, -0.25) is 14.6 Å². The van der Waals surface area contributed by atoms with Gasteiger partial charge in [0.1, 0.15) is 5.56 Å². The first-order valence-electron chi connectivity index (χ1n) is 9.08. The van der Waals surface area contributed by atoms with E-state index in [0.29, 0.717) is 13.0 Å². The number of halogens is 1. The van der Waals surface area contributed by atoms with E-state index in [0.717, 1.165) is 15.7 Å². The quantitative estimate of drug-likeness (QED) is 0.676. The number of H-pyrrole nitrogens is 1. The molecule has 1 atom stereocenters. The molecule has 0 fully saturated rings. The second-order valence-corrected chi connectivity index (χ2v) is 7.25. The Morgan fingerprint density at radius 2 is 1.83 bits per heavy atom. The third kappa shape index (κ3) is 3.13. The van der Waals surface area contributed by atoms with Crippen molar-refractivity contribution in [1.29, 1.82) is 0 Å². The Morgan fingerprint density at radius 3 is 2.55 bits per heavy atom. The summed E-state index contributed by atoms with van der Waals surface area (Å²) >= 11 is 6.21. The summed E-state index contributed by atoms with van der Waals surface area (Å²) in [5.74, 6) is -0.779. The molecule has 7 nitrogen and oxygen atoms in total. The van der Waals surface area contributed by atoms with Crippen molar-refractivity contribution in [1.82, 2.24) is 14.5 Å². The maximum absolute atomic E-state index is 12.8. The second-order valence-electron chi connectivity index (χ2n) is 6.85. The lowest BCUT2D eigenvalue weighted by molar-refractivity contribution is -0.130. The molecule has 2 heterocycles. The van der Waals surface area contributed by atoms with E-state index in [1.54, 1.807) is 24.3 Å². The van der Waals surface area contributed by atoms with E-state index >= 15 is 0 Å². The number of benzene rings is 2. The van der Waals surface area contributed by atoms with Crippen molar-refractivity contribution in [3.8, 4) is 11.6 Å². The van der Waals surface area contributed by atoms with Gasteiger partial charge in [0.2, 0.25) is 11.8 Å². The average Bonchev–Trinajstić information content (AvgIpc) is 2.69. The molecule has 8 heteroatoms. The highest BCUT2D eigenvalue weighted by Gasteiger charge is 2.35. The summed E-state index contributed by atoms with van der Waals surface area (Å²) in [6, 6.07) is 13.1. The number of amides is 1. The van der Waals surface area contributed by atoms with E-state index in [2.05, 4.69) is 4.98 Å². The zero-order valence-corrected chi connectivity index (χ0v) is 16.3. The van der Waals surface area contributed by atoms with Gasteiger partial charge in [0, 0.05) is 13.5 Å². The Kier molecular flexibility index (Phi) is 4.76. The Morgan fingerprint density at radius 1 is 1.14 bits per heavy atom. The summed E-state index contributed by atoms with van der Waals surface area (Å²) < 4.78 is 0.953. The van der Waals surface area contributed by atoms with Crippen LogP contribution in [0.5, 0.6) is 5.88 Å². The zero-order chi connectivity index (χ0) is 20.7. The molecule has 1 amide bonds. The van der Waals surface area contributed by atoms with Crippen LogP contribution in [0.3, 0.4) is 0 Å². The number of para-hydroxylation sites is 1. The number of carbonyl (C=O) groups excluding carboxylic acids is 1. The van der Waals surface area contributed by atoms with Crippen LogP contribution in [0.25, 0.3) is 5.69 Å². The number of nitrogens with zero attached hydrogens (tertiary/aromatic N) is 2. The van der Waals surface area contributed by atoms with Gasteiger partial charge in [-0.2, -0.15) is 0 Å². The van der Waals surface area contributed by atoms with Crippen LogP contribution in [0.2, 0.25) is 5.02 Å². The Labute approximate surface area is 170 Å². The van der Waals surface area contributed by atoms with Gasteiger partial charge in [-0.1, -0.05) is 48.0 Å². The van der Waals surface area contributed by atoms with Crippen LogP contribution < -0.4 is 11.2 Å². The van der Waals surface area contributed by atoms with Crippen LogP contribution in [0.4, 0.5) is 0 Å². The highest BCUT2D eigenvalue weighted by Crippen LogP contribution is 2.37. The van der Waals surface area contributed by atoms with E-state index in [4.69, 9.17) is 11.6 Å². The van der Waals surface area contributed by atoms with Crippen molar-refractivity contribution in [2.24, 2.45) is 0 Å². The molecule has 0 unspecified atom stereocenters. The Balaban J connectivity index is 2.04. The molecule has 0 spiro atoms. The lowest BCUT2D eigenvalue weighted by Gasteiger charge is -2.36. The minimum atomic E-state index is -0.824. The van der Waals surface area contributed by atoms with E-state index in [1.807, 2.05) is 24.3 Å². The maximum Gasteiger partial charge on any atom is 0.335 e. The van der Waals surface area contributed by atoms with Gasteiger partial charge in [-0.05, 0) is 29.7 Å². The molecule has 0 aliphatic carbocycles. The molecule has 1 aliphatic heterocycles. The number of carbonyl (C=O) groups is 1. The molecule has 3 aromatic rings. The number of nitrogens with one attached hydrogen (secondary N) is 1. The van der Waals surface area contributed by atoms with E-state index in [9.17, 15) is 19.5 Å². The minimum absolute atomic E-state index is 0.0770. The Hall–Kier alpha value is -3.32. The summed E-state index contributed by atoms with van der Waals surface area (Å²) in [4.78, 5) is 41.4. The van der Waals surface area contributed by atoms with Crippen LogP contribution in [-0.2, 0) is 11.2 Å². The SMILES string of the molecule is CC(=O)N1CCc2ccccc2[C@H]1c1c(O)n(-c2ccccc2Cl)c(=O)[nH]c1=O. The molecule has 0 saturated heterocycles. The second kappa shape index (κ2) is 7.25. The summed E-state index contributed by atoms with van der Waals surface area (Å²) in [5.41, 5.74) is 0.300. The van der Waals surface area contributed by atoms with Crippen LogP contribution in [-0.4, -0.2) is 32.0 Å². The molecule has 2 N–H and O–H groups in total. The van der Waals surface area contributed by atoms with Crippen molar-refractivity contribution in [2.45, 2.75) is 19.4 Å². The lowest BCUT2D eigenvalue weighted by atomic mass is 9.89. The summed E-state index contributed by atoms with van der Waals surface area (Å²) in [6.45, 7) is 1.80. The van der Waals surface area contributed by atoms with E-state index in [1.165, 1.54) is 11.8 Å². The zero-order valence-electron chi connectivity index (χ0n) is 15.6. The fraction of sp³-hybridized carbons (Fsp3) is 0.190. The fourth-order valence-electron chi connectivity index (χ4n) is 3.86. The van der Waals surface area contributed by atoms with Gasteiger partial charge in [0.05, 0.1) is 16.8 Å². The number of aromatic amines is 1. The van der Waals surface area contributed by atoms with Crippen LogP contribution in [0.1, 0.15) is 29.7 Å². The largest absolute Gasteiger partial charge is 0.494 e. The third-order valence-corrected chi connectivity index (χ3v) is 5.50. The van der Waals surface area contributed by atoms with Crippen LogP contribution >= 0.6 is 11.6 Å². The molecule has 0 radical (unpaired) electrons. The number of aromatic nitrogens is 2. The average molecular weight is 412 g/mol. The molecule has 29 heavy (non-hydrogen) atoms. The third-order valence-electron chi connectivity index (χ3n) is 5.18. The molecular weight excluding hydrogens is 394 g/mol. The molecular formula is C21H18ClN3O4. The van der Waals surface area contributed by atoms with E-state index < -0.39 is 23.2 Å². The predicted molar refractivity (Wildman–Crippen MR) is 109 cm³/mol. The molecule has 4 rings (SSSR count). The smallest absolute Gasteiger partial charge is 0.335 e. The summed E-state index contributed by atoms with van der Waals surface area (Å²) in [7, 11) is 0. The maximum atomic E-state index is 12.8. The van der Waals surface area contributed by atoms with Crippen molar-refractivity contribution >= 4 is 17.5 Å². The highest BCUT2D eigenvalue weighted by atomic mass is 35.5. The first-order valence-corrected chi connectivity index (χ1v) is 9.46. The summed E-state index contributed by atoms with van der Waals surface area (Å²) in [6.07, 6.45) is 0.634. The van der Waals surface area contributed by atoms with Crippen LogP contribution in [0.15, 0.2) is 58.1 Å². The van der Waals surface area contributed by atoms with Crippen molar-refractivity contribution in [3.63, 3.8) is 0 Å².